The number of hydrogen-bond acceptors (Lipinski definition) is 5. The number of aryl methyl sites for hydroxylation is 1. The van der Waals surface area contributed by atoms with Crippen molar-refractivity contribution in [3.63, 3.8) is 0 Å². The minimum Gasteiger partial charge on any atom is -0.488 e. The van der Waals surface area contributed by atoms with Crippen molar-refractivity contribution in [1.29, 1.82) is 0 Å². The molecule has 0 heterocycles. The summed E-state index contributed by atoms with van der Waals surface area (Å²) in [6, 6.07) is 31.6. The molecule has 1 amide bonds. The van der Waals surface area contributed by atoms with Crippen LogP contribution in [0.15, 0.2) is 97.1 Å². The molecule has 0 saturated heterocycles. The topological polar surface area (TPSA) is 65.1 Å². The SMILES string of the molecule is CCOC(=O)Cc1ccc(OCc2ccccc2)c(-c2ccc(C)cc2CN(CC)C(=O)OCc2ccccc2)c1. The van der Waals surface area contributed by atoms with E-state index in [-0.39, 0.29) is 25.1 Å². The summed E-state index contributed by atoms with van der Waals surface area (Å²) in [5.41, 5.74) is 6.63. The van der Waals surface area contributed by atoms with Gasteiger partial charge in [-0.05, 0) is 60.7 Å². The lowest BCUT2D eigenvalue weighted by Crippen LogP contribution is -2.31. The molecule has 41 heavy (non-hydrogen) atoms. The highest BCUT2D eigenvalue weighted by Gasteiger charge is 2.19. The second-order valence-electron chi connectivity index (χ2n) is 9.80. The summed E-state index contributed by atoms with van der Waals surface area (Å²) in [7, 11) is 0. The number of rotatable bonds is 12. The lowest BCUT2D eigenvalue weighted by molar-refractivity contribution is -0.142. The summed E-state index contributed by atoms with van der Waals surface area (Å²) in [5.74, 6) is 0.417. The number of carbonyl (C=O) groups excluding carboxylic acids is 2. The van der Waals surface area contributed by atoms with Crippen molar-refractivity contribution in [3.05, 3.63) is 125 Å². The van der Waals surface area contributed by atoms with Crippen molar-refractivity contribution in [3.8, 4) is 16.9 Å². The largest absolute Gasteiger partial charge is 0.488 e. The Bertz CT molecular complexity index is 1440. The van der Waals surface area contributed by atoms with E-state index in [1.807, 2.05) is 105 Å². The molecule has 4 rings (SSSR count). The van der Waals surface area contributed by atoms with Gasteiger partial charge < -0.3 is 19.1 Å². The van der Waals surface area contributed by atoms with E-state index < -0.39 is 0 Å². The molecule has 0 atom stereocenters. The molecule has 0 unspecified atom stereocenters. The van der Waals surface area contributed by atoms with E-state index in [0.717, 1.165) is 38.9 Å². The Morgan fingerprint density at radius 3 is 2.05 bits per heavy atom. The number of esters is 1. The summed E-state index contributed by atoms with van der Waals surface area (Å²) in [5, 5.41) is 0. The van der Waals surface area contributed by atoms with E-state index in [9.17, 15) is 9.59 Å². The number of benzene rings is 4. The summed E-state index contributed by atoms with van der Waals surface area (Å²) in [4.78, 5) is 27.0. The van der Waals surface area contributed by atoms with Crippen LogP contribution in [0, 0.1) is 6.92 Å². The maximum atomic E-state index is 13.1. The van der Waals surface area contributed by atoms with Crippen LogP contribution >= 0.6 is 0 Å². The summed E-state index contributed by atoms with van der Waals surface area (Å²) in [6.45, 7) is 7.56. The van der Waals surface area contributed by atoms with Crippen LogP contribution < -0.4 is 4.74 Å². The molecule has 0 aliphatic rings. The average molecular weight is 552 g/mol. The van der Waals surface area contributed by atoms with E-state index in [1.54, 1.807) is 11.8 Å². The fourth-order valence-corrected chi connectivity index (χ4v) is 4.58. The van der Waals surface area contributed by atoms with Gasteiger partial charge in [-0.3, -0.25) is 4.79 Å². The Morgan fingerprint density at radius 2 is 1.39 bits per heavy atom. The molecule has 0 bridgehead atoms. The molecule has 0 spiro atoms. The first-order chi connectivity index (χ1) is 20.0. The van der Waals surface area contributed by atoms with Gasteiger partial charge in [-0.2, -0.15) is 0 Å². The number of carbonyl (C=O) groups is 2. The van der Waals surface area contributed by atoms with Crippen molar-refractivity contribution in [1.82, 2.24) is 4.90 Å². The lowest BCUT2D eigenvalue weighted by atomic mass is 9.94. The molecule has 0 radical (unpaired) electrons. The molecule has 4 aromatic carbocycles. The fraction of sp³-hybridized carbons (Fsp3) is 0.257. The lowest BCUT2D eigenvalue weighted by Gasteiger charge is -2.23. The molecule has 0 saturated carbocycles. The van der Waals surface area contributed by atoms with Gasteiger partial charge >= 0.3 is 12.1 Å². The minimum atomic E-state index is -0.375. The van der Waals surface area contributed by atoms with Crippen molar-refractivity contribution in [2.75, 3.05) is 13.2 Å². The highest BCUT2D eigenvalue weighted by atomic mass is 16.6. The van der Waals surface area contributed by atoms with E-state index >= 15 is 0 Å². The predicted molar refractivity (Wildman–Crippen MR) is 160 cm³/mol. The van der Waals surface area contributed by atoms with Crippen LogP contribution in [0.25, 0.3) is 11.1 Å². The second-order valence-corrected chi connectivity index (χ2v) is 9.80. The zero-order valence-electron chi connectivity index (χ0n) is 24.0. The summed E-state index contributed by atoms with van der Waals surface area (Å²) >= 11 is 0. The first-order valence-corrected chi connectivity index (χ1v) is 14.0. The molecule has 4 aromatic rings. The van der Waals surface area contributed by atoms with Gasteiger partial charge in [-0.25, -0.2) is 4.79 Å². The second kappa shape index (κ2) is 14.7. The van der Waals surface area contributed by atoms with Crippen molar-refractivity contribution < 1.29 is 23.8 Å². The maximum absolute atomic E-state index is 13.1. The van der Waals surface area contributed by atoms with Crippen LogP contribution in [0.5, 0.6) is 5.75 Å². The molecular formula is C35H37NO5. The van der Waals surface area contributed by atoms with Crippen LogP contribution in [0.4, 0.5) is 4.79 Å². The Morgan fingerprint density at radius 1 is 0.707 bits per heavy atom. The number of amides is 1. The van der Waals surface area contributed by atoms with Gasteiger partial charge in [0.1, 0.15) is 19.0 Å². The van der Waals surface area contributed by atoms with Gasteiger partial charge in [-0.15, -0.1) is 0 Å². The van der Waals surface area contributed by atoms with Crippen molar-refractivity contribution in [2.45, 2.75) is 47.0 Å². The molecule has 0 aromatic heterocycles. The molecule has 0 aliphatic carbocycles. The van der Waals surface area contributed by atoms with E-state index in [1.165, 1.54) is 0 Å². The van der Waals surface area contributed by atoms with Gasteiger partial charge in [0.2, 0.25) is 0 Å². The third kappa shape index (κ3) is 8.45. The molecule has 0 N–H and O–H groups in total. The smallest absolute Gasteiger partial charge is 0.410 e. The fourth-order valence-electron chi connectivity index (χ4n) is 4.58. The zero-order valence-corrected chi connectivity index (χ0v) is 24.0. The van der Waals surface area contributed by atoms with Crippen LogP contribution in [0.2, 0.25) is 0 Å². The summed E-state index contributed by atoms with van der Waals surface area (Å²) < 4.78 is 17.1. The number of ether oxygens (including phenoxy) is 3. The van der Waals surface area contributed by atoms with Gasteiger partial charge in [0.05, 0.1) is 13.0 Å². The third-order valence-electron chi connectivity index (χ3n) is 6.69. The molecular weight excluding hydrogens is 514 g/mol. The van der Waals surface area contributed by atoms with Gasteiger partial charge in [0, 0.05) is 18.7 Å². The Hall–Kier alpha value is -4.58. The number of nitrogens with zero attached hydrogens (tertiary/aromatic N) is 1. The van der Waals surface area contributed by atoms with E-state index in [4.69, 9.17) is 14.2 Å². The molecule has 212 valence electrons. The van der Waals surface area contributed by atoms with Gasteiger partial charge in [0.25, 0.3) is 0 Å². The van der Waals surface area contributed by atoms with Crippen LogP contribution in [-0.2, 0) is 40.4 Å². The monoisotopic (exact) mass is 551 g/mol. The van der Waals surface area contributed by atoms with Crippen LogP contribution in [0.1, 0.15) is 41.7 Å². The quantitative estimate of drug-likeness (QED) is 0.171. The molecule has 6 nitrogen and oxygen atoms in total. The van der Waals surface area contributed by atoms with Crippen LogP contribution in [0.3, 0.4) is 0 Å². The third-order valence-corrected chi connectivity index (χ3v) is 6.69. The molecule has 6 heteroatoms. The standard InChI is InChI=1S/C35H37NO5/c1-4-36(35(38)41-25-28-14-10-7-11-15-28)23-30-20-26(3)16-18-31(30)32-21-29(22-34(37)39-5-2)17-19-33(32)40-24-27-12-8-6-9-13-27/h6-21H,4-5,22-25H2,1-3H3. The molecule has 0 fully saturated rings. The first-order valence-electron chi connectivity index (χ1n) is 14.0. The number of hydrogen-bond donors (Lipinski definition) is 0. The Labute approximate surface area is 242 Å². The van der Waals surface area contributed by atoms with Gasteiger partial charge in [0.15, 0.2) is 0 Å². The Balaban J connectivity index is 1.64. The zero-order chi connectivity index (χ0) is 29.0. The highest BCUT2D eigenvalue weighted by Crippen LogP contribution is 2.35. The van der Waals surface area contributed by atoms with E-state index in [0.29, 0.717) is 32.1 Å². The Kier molecular flexibility index (Phi) is 10.5. The van der Waals surface area contributed by atoms with Gasteiger partial charge in [-0.1, -0.05) is 90.5 Å². The average Bonchev–Trinajstić information content (AvgIpc) is 2.99. The van der Waals surface area contributed by atoms with Crippen molar-refractivity contribution >= 4 is 12.1 Å². The van der Waals surface area contributed by atoms with Crippen molar-refractivity contribution in [2.24, 2.45) is 0 Å². The molecule has 0 aliphatic heterocycles. The van der Waals surface area contributed by atoms with Crippen LogP contribution in [-0.4, -0.2) is 30.1 Å². The highest BCUT2D eigenvalue weighted by molar-refractivity contribution is 5.78. The predicted octanol–water partition coefficient (Wildman–Crippen LogP) is 7.51. The minimum absolute atomic E-state index is 0.161. The first kappa shape index (κ1) is 29.4. The van der Waals surface area contributed by atoms with E-state index in [2.05, 4.69) is 6.07 Å². The summed E-state index contributed by atoms with van der Waals surface area (Å²) in [6.07, 6.45) is -0.214. The maximum Gasteiger partial charge on any atom is 0.410 e. The normalized spacial score (nSPS) is 10.6.